The van der Waals surface area contributed by atoms with Crippen molar-refractivity contribution in [3.63, 3.8) is 0 Å². The number of hydrogen-bond acceptors (Lipinski definition) is 8. The van der Waals surface area contributed by atoms with Crippen LogP contribution in [0.25, 0.3) is 0 Å². The summed E-state index contributed by atoms with van der Waals surface area (Å²) in [6.45, 7) is 9.98. The first kappa shape index (κ1) is 27.3. The molecule has 2 fully saturated rings. The zero-order valence-corrected chi connectivity index (χ0v) is 21.4. The number of piperidine rings is 1. The van der Waals surface area contributed by atoms with Gasteiger partial charge in [-0.3, -0.25) is 29.5 Å². The molecule has 2 heterocycles. The molecule has 1 saturated heterocycles. The molecule has 4 unspecified atom stereocenters. The maximum atomic E-state index is 13.3. The van der Waals surface area contributed by atoms with Gasteiger partial charge >= 0.3 is 0 Å². The number of phenols is 2. The van der Waals surface area contributed by atoms with Gasteiger partial charge in [0.05, 0.1) is 21.7 Å². The van der Waals surface area contributed by atoms with E-state index in [0.29, 0.717) is 45.2 Å². The van der Waals surface area contributed by atoms with E-state index >= 15 is 0 Å². The minimum Gasteiger partial charge on any atom is -0.504 e. The number of allylic oxidation sites excluding steroid dienone is 1. The number of imide groups is 1. The van der Waals surface area contributed by atoms with Crippen LogP contribution in [0.4, 0.5) is 0 Å². The molecule has 1 aliphatic carbocycles. The molecule has 2 amide bonds. The number of carbonyl (C=O) groups is 2. The van der Waals surface area contributed by atoms with E-state index in [4.69, 9.17) is 0 Å². The van der Waals surface area contributed by atoms with Gasteiger partial charge in [-0.1, -0.05) is 24.8 Å². The van der Waals surface area contributed by atoms with Gasteiger partial charge in [0.2, 0.25) is 5.70 Å². The molecule has 202 valence electrons. The first-order valence-corrected chi connectivity index (χ1v) is 12.7. The molecule has 1 aromatic carbocycles. The van der Waals surface area contributed by atoms with Crippen molar-refractivity contribution >= 4 is 11.8 Å². The van der Waals surface area contributed by atoms with Crippen LogP contribution >= 0.6 is 0 Å². The van der Waals surface area contributed by atoms with Crippen LogP contribution in [0.15, 0.2) is 66.4 Å². The molecule has 3 N–H and O–H groups in total. The topological polar surface area (TPSA) is 144 Å². The number of likely N-dealkylation sites (tertiary alicyclic amines) is 1. The number of rotatable bonds is 8. The van der Waals surface area contributed by atoms with Crippen molar-refractivity contribution in [2.75, 3.05) is 13.1 Å². The molecule has 1 aromatic rings. The fourth-order valence-corrected chi connectivity index (χ4v) is 6.21. The Labute approximate surface area is 221 Å². The minimum atomic E-state index is -1.11. The Morgan fingerprint density at radius 1 is 1.18 bits per heavy atom. The van der Waals surface area contributed by atoms with E-state index in [0.717, 1.165) is 11.6 Å². The average molecular weight is 524 g/mol. The van der Waals surface area contributed by atoms with E-state index in [1.54, 1.807) is 12.1 Å². The van der Waals surface area contributed by atoms with E-state index in [-0.39, 0.29) is 40.3 Å². The molecule has 1 saturated carbocycles. The highest BCUT2D eigenvalue weighted by Gasteiger charge is 2.54. The number of aliphatic hydroxyl groups is 1. The van der Waals surface area contributed by atoms with Crippen molar-refractivity contribution in [3.05, 3.63) is 82.1 Å². The number of nitrogens with zero attached hydrogens (tertiary/aromatic N) is 3. The maximum absolute atomic E-state index is 13.3. The number of phenolic OH excluding ortho intramolecular Hbond substituents is 2. The minimum absolute atomic E-state index is 0.0362. The average Bonchev–Trinajstić information content (AvgIpc) is 3.11. The highest BCUT2D eigenvalue weighted by molar-refractivity contribution is 6.22. The van der Waals surface area contributed by atoms with Crippen molar-refractivity contribution < 1.29 is 29.8 Å². The predicted molar refractivity (Wildman–Crippen MR) is 140 cm³/mol. The Morgan fingerprint density at radius 3 is 2.53 bits per heavy atom. The monoisotopic (exact) mass is 523 g/mol. The van der Waals surface area contributed by atoms with Crippen molar-refractivity contribution in [2.24, 2.45) is 5.92 Å². The van der Waals surface area contributed by atoms with E-state index in [2.05, 4.69) is 18.1 Å². The van der Waals surface area contributed by atoms with Crippen molar-refractivity contribution in [2.45, 2.75) is 56.7 Å². The summed E-state index contributed by atoms with van der Waals surface area (Å²) in [4.78, 5) is 40.3. The van der Waals surface area contributed by atoms with Crippen LogP contribution < -0.4 is 0 Å². The molecule has 10 heteroatoms. The maximum Gasteiger partial charge on any atom is 0.262 e. The number of carbonyl (C=O) groups excluding carboxylic acids is 2. The van der Waals surface area contributed by atoms with Crippen LogP contribution in [0.5, 0.6) is 11.5 Å². The Kier molecular flexibility index (Phi) is 7.57. The normalized spacial score (nSPS) is 28.4. The highest BCUT2D eigenvalue weighted by Crippen LogP contribution is 2.46. The van der Waals surface area contributed by atoms with Gasteiger partial charge in [0.25, 0.3) is 11.8 Å². The molecule has 38 heavy (non-hydrogen) atoms. The second-order valence-corrected chi connectivity index (χ2v) is 10.3. The van der Waals surface area contributed by atoms with E-state index in [1.165, 1.54) is 30.0 Å². The van der Waals surface area contributed by atoms with Crippen molar-refractivity contribution in [1.29, 1.82) is 0 Å². The third kappa shape index (κ3) is 4.77. The summed E-state index contributed by atoms with van der Waals surface area (Å²) in [6, 6.07) is 3.86. The Hall–Kier alpha value is -3.76. The van der Waals surface area contributed by atoms with E-state index in [9.17, 15) is 35.0 Å². The van der Waals surface area contributed by atoms with Gasteiger partial charge < -0.3 is 15.3 Å². The van der Waals surface area contributed by atoms with E-state index < -0.39 is 28.4 Å². The van der Waals surface area contributed by atoms with Crippen molar-refractivity contribution in [3.8, 4) is 11.5 Å². The second-order valence-electron chi connectivity index (χ2n) is 10.3. The van der Waals surface area contributed by atoms with Crippen LogP contribution in [0.3, 0.4) is 0 Å². The Bertz CT molecular complexity index is 1250. The van der Waals surface area contributed by atoms with Gasteiger partial charge in [-0.25, -0.2) is 0 Å². The number of nitro groups is 1. The SMILES string of the molecule is C=CCN1CCC2CC(N3C(=O)C(C=C)=C(/C=C(\C)[N+](=O)[O-])C3=O)CCC2(O)C1Cc1ccc(O)c(O)c1. The van der Waals surface area contributed by atoms with Gasteiger partial charge in [0.1, 0.15) is 0 Å². The summed E-state index contributed by atoms with van der Waals surface area (Å²) in [5.74, 6) is -1.75. The van der Waals surface area contributed by atoms with Gasteiger partial charge in [0.15, 0.2) is 11.5 Å². The van der Waals surface area contributed by atoms with Gasteiger partial charge in [0, 0.05) is 31.6 Å². The van der Waals surface area contributed by atoms with Crippen molar-refractivity contribution in [1.82, 2.24) is 9.80 Å². The number of hydrogen-bond donors (Lipinski definition) is 3. The third-order valence-corrected chi connectivity index (χ3v) is 8.16. The summed E-state index contributed by atoms with van der Waals surface area (Å²) in [6.07, 6.45) is 6.36. The van der Waals surface area contributed by atoms with Gasteiger partial charge in [-0.2, -0.15) is 0 Å². The number of benzene rings is 1. The molecule has 3 aliphatic rings. The lowest BCUT2D eigenvalue weighted by Crippen LogP contribution is -2.65. The first-order valence-electron chi connectivity index (χ1n) is 12.7. The summed E-state index contributed by atoms with van der Waals surface area (Å²) < 4.78 is 0. The molecule has 4 atom stereocenters. The molecule has 4 rings (SSSR count). The molecule has 10 nitrogen and oxygen atoms in total. The fraction of sp³-hybridized carbons (Fsp3) is 0.429. The molecular formula is C28H33N3O7. The number of aromatic hydroxyl groups is 2. The summed E-state index contributed by atoms with van der Waals surface area (Å²) >= 11 is 0. The van der Waals surface area contributed by atoms with Crippen LogP contribution in [-0.2, 0) is 16.0 Å². The quantitative estimate of drug-likeness (QED) is 0.155. The largest absolute Gasteiger partial charge is 0.504 e. The zero-order chi connectivity index (χ0) is 27.8. The Balaban J connectivity index is 1.59. The highest BCUT2D eigenvalue weighted by atomic mass is 16.6. The first-order chi connectivity index (χ1) is 18.0. The lowest BCUT2D eigenvalue weighted by molar-refractivity contribution is -0.424. The lowest BCUT2D eigenvalue weighted by atomic mass is 9.64. The molecule has 0 aromatic heterocycles. The standard InChI is InChI=1S/C28H33N3O7/c1-4-11-29-12-9-19-16-20(30-26(34)21(5-2)22(27(30)35)13-17(3)31(37)38)8-10-28(19,36)25(29)15-18-6-7-23(32)24(33)14-18/h4-7,13-14,19-20,25,32-33,36H,1-2,8-12,15-16H2,3H3/b17-13+. The van der Waals surface area contributed by atoms with Crippen LogP contribution in [0, 0.1) is 16.0 Å². The number of fused-ring (bicyclic) bond motifs is 1. The van der Waals surface area contributed by atoms with Crippen LogP contribution in [-0.4, -0.2) is 72.6 Å². The smallest absolute Gasteiger partial charge is 0.262 e. The third-order valence-electron chi connectivity index (χ3n) is 8.16. The molecule has 2 aliphatic heterocycles. The zero-order valence-electron chi connectivity index (χ0n) is 21.4. The van der Waals surface area contributed by atoms with Crippen LogP contribution in [0.1, 0.15) is 38.2 Å². The second kappa shape index (κ2) is 10.5. The molecule has 0 spiro atoms. The van der Waals surface area contributed by atoms with Gasteiger partial charge in [-0.15, -0.1) is 6.58 Å². The van der Waals surface area contributed by atoms with Gasteiger partial charge in [-0.05, 0) is 62.3 Å². The molecule has 0 bridgehead atoms. The molecule has 0 radical (unpaired) electrons. The number of amides is 2. The summed E-state index contributed by atoms with van der Waals surface area (Å²) in [7, 11) is 0. The molecular weight excluding hydrogens is 490 g/mol. The fourth-order valence-electron chi connectivity index (χ4n) is 6.21. The summed E-state index contributed by atoms with van der Waals surface area (Å²) in [5, 5.41) is 42.9. The van der Waals surface area contributed by atoms with E-state index in [1.807, 2.05) is 0 Å². The summed E-state index contributed by atoms with van der Waals surface area (Å²) in [5.41, 5.74) is -0.596. The Morgan fingerprint density at radius 2 is 1.89 bits per heavy atom. The predicted octanol–water partition coefficient (Wildman–Crippen LogP) is 2.83. The van der Waals surface area contributed by atoms with Crippen LogP contribution in [0.2, 0.25) is 0 Å². The lowest BCUT2D eigenvalue weighted by Gasteiger charge is -2.55.